The monoisotopic (exact) mass is 289 g/mol. The summed E-state index contributed by atoms with van der Waals surface area (Å²) >= 11 is 0. The third-order valence-corrected chi connectivity index (χ3v) is 3.24. The highest BCUT2D eigenvalue weighted by Crippen LogP contribution is 2.21. The van der Waals surface area contributed by atoms with Gasteiger partial charge in [0.15, 0.2) is 5.78 Å². The Morgan fingerprint density at radius 1 is 1.19 bits per heavy atom. The summed E-state index contributed by atoms with van der Waals surface area (Å²) in [6.07, 6.45) is 2.21. The minimum Gasteiger partial charge on any atom is -0.497 e. The average Bonchev–Trinajstić information content (AvgIpc) is 2.87. The largest absolute Gasteiger partial charge is 0.497 e. The number of carbonyl (C=O) groups excluding carboxylic acids is 2. The standard InChI is InChI=1S/C16H19NO4/c1-3-21-16(19)7-4-13(18)11-17-9-8-12-10-14(20-2)5-6-15(12)17/h5-6,8-10H,3-4,7,11H2,1-2H3. The van der Waals surface area contributed by atoms with Crippen LogP contribution in [0.1, 0.15) is 19.8 Å². The number of carbonyl (C=O) groups is 2. The molecular weight excluding hydrogens is 270 g/mol. The van der Waals surface area contributed by atoms with Crippen LogP contribution in [0.15, 0.2) is 30.5 Å². The average molecular weight is 289 g/mol. The lowest BCUT2D eigenvalue weighted by Gasteiger charge is -2.06. The fourth-order valence-corrected chi connectivity index (χ4v) is 2.19. The van der Waals surface area contributed by atoms with E-state index in [1.165, 1.54) is 0 Å². The van der Waals surface area contributed by atoms with Gasteiger partial charge in [-0.2, -0.15) is 0 Å². The number of benzene rings is 1. The molecule has 1 aromatic carbocycles. The molecule has 0 spiro atoms. The van der Waals surface area contributed by atoms with Crippen LogP contribution in [0.25, 0.3) is 10.9 Å². The zero-order valence-electron chi connectivity index (χ0n) is 12.3. The molecule has 1 heterocycles. The Bertz CT molecular complexity index is 645. The van der Waals surface area contributed by atoms with Crippen LogP contribution in [0.5, 0.6) is 5.75 Å². The second-order valence-electron chi connectivity index (χ2n) is 4.71. The number of rotatable bonds is 7. The van der Waals surface area contributed by atoms with Crippen molar-refractivity contribution in [1.82, 2.24) is 4.57 Å². The minimum atomic E-state index is -0.326. The topological polar surface area (TPSA) is 57.5 Å². The van der Waals surface area contributed by atoms with Crippen LogP contribution in [-0.4, -0.2) is 30.0 Å². The molecule has 21 heavy (non-hydrogen) atoms. The maximum atomic E-state index is 11.9. The molecule has 0 amide bonds. The summed E-state index contributed by atoms with van der Waals surface area (Å²) in [6, 6.07) is 7.65. The third-order valence-electron chi connectivity index (χ3n) is 3.24. The van der Waals surface area contributed by atoms with E-state index in [1.54, 1.807) is 14.0 Å². The molecule has 0 aliphatic heterocycles. The van der Waals surface area contributed by atoms with E-state index in [-0.39, 0.29) is 31.1 Å². The van der Waals surface area contributed by atoms with E-state index in [4.69, 9.17) is 9.47 Å². The molecule has 112 valence electrons. The summed E-state index contributed by atoms with van der Waals surface area (Å²) in [5.41, 5.74) is 0.972. The van der Waals surface area contributed by atoms with E-state index in [1.807, 2.05) is 35.0 Å². The van der Waals surface area contributed by atoms with Gasteiger partial charge in [-0.15, -0.1) is 0 Å². The first-order valence-corrected chi connectivity index (χ1v) is 6.94. The van der Waals surface area contributed by atoms with Crippen molar-refractivity contribution < 1.29 is 19.1 Å². The lowest BCUT2D eigenvalue weighted by Crippen LogP contribution is -2.12. The number of aromatic nitrogens is 1. The SMILES string of the molecule is CCOC(=O)CCC(=O)Cn1ccc2cc(OC)ccc21. The Kier molecular flexibility index (Phi) is 4.98. The number of hydrogen-bond acceptors (Lipinski definition) is 4. The zero-order chi connectivity index (χ0) is 15.2. The van der Waals surface area contributed by atoms with Crippen molar-refractivity contribution in [2.75, 3.05) is 13.7 Å². The summed E-state index contributed by atoms with van der Waals surface area (Å²) in [6.45, 7) is 2.35. The Morgan fingerprint density at radius 3 is 2.71 bits per heavy atom. The molecule has 0 fully saturated rings. The molecule has 0 atom stereocenters. The van der Waals surface area contributed by atoms with Gasteiger partial charge in [0.2, 0.25) is 0 Å². The van der Waals surface area contributed by atoms with Gasteiger partial charge in [-0.05, 0) is 31.2 Å². The second kappa shape index (κ2) is 6.92. The summed E-state index contributed by atoms with van der Waals surface area (Å²) in [5.74, 6) is 0.471. The predicted molar refractivity (Wildman–Crippen MR) is 79.4 cm³/mol. The molecule has 0 N–H and O–H groups in total. The van der Waals surface area contributed by atoms with Gasteiger partial charge in [0, 0.05) is 23.5 Å². The van der Waals surface area contributed by atoms with Crippen molar-refractivity contribution in [3.63, 3.8) is 0 Å². The fraction of sp³-hybridized carbons (Fsp3) is 0.375. The van der Waals surface area contributed by atoms with Gasteiger partial charge < -0.3 is 14.0 Å². The lowest BCUT2D eigenvalue weighted by atomic mass is 10.2. The lowest BCUT2D eigenvalue weighted by molar-refractivity contribution is -0.144. The first-order chi connectivity index (χ1) is 10.1. The molecule has 1 aromatic heterocycles. The number of ketones is 1. The van der Waals surface area contributed by atoms with Crippen molar-refractivity contribution in [2.24, 2.45) is 0 Å². The van der Waals surface area contributed by atoms with Crippen LogP contribution in [0.2, 0.25) is 0 Å². The van der Waals surface area contributed by atoms with Gasteiger partial charge in [-0.25, -0.2) is 0 Å². The van der Waals surface area contributed by atoms with Crippen LogP contribution in [-0.2, 0) is 20.9 Å². The van der Waals surface area contributed by atoms with E-state index in [2.05, 4.69) is 0 Å². The molecule has 5 nitrogen and oxygen atoms in total. The quantitative estimate of drug-likeness (QED) is 0.735. The van der Waals surface area contributed by atoms with E-state index in [0.29, 0.717) is 6.61 Å². The number of esters is 1. The first-order valence-electron chi connectivity index (χ1n) is 6.94. The summed E-state index contributed by atoms with van der Waals surface area (Å²) in [7, 11) is 1.62. The highest BCUT2D eigenvalue weighted by atomic mass is 16.5. The molecule has 2 rings (SSSR count). The third kappa shape index (κ3) is 3.84. The molecule has 0 aliphatic carbocycles. The first kappa shape index (κ1) is 15.1. The van der Waals surface area contributed by atoms with Gasteiger partial charge in [-0.3, -0.25) is 9.59 Å². The maximum absolute atomic E-state index is 11.9. The van der Waals surface area contributed by atoms with Gasteiger partial charge in [0.05, 0.1) is 26.7 Å². The Hall–Kier alpha value is -2.30. The molecule has 2 aromatic rings. The normalized spacial score (nSPS) is 10.6. The van der Waals surface area contributed by atoms with Crippen molar-refractivity contribution in [3.8, 4) is 5.75 Å². The molecule has 0 saturated heterocycles. The van der Waals surface area contributed by atoms with Crippen LogP contribution in [0.3, 0.4) is 0 Å². The zero-order valence-corrected chi connectivity index (χ0v) is 12.3. The van der Waals surface area contributed by atoms with Crippen molar-refractivity contribution >= 4 is 22.7 Å². The van der Waals surface area contributed by atoms with Crippen LogP contribution < -0.4 is 4.74 Å². The van der Waals surface area contributed by atoms with Gasteiger partial charge >= 0.3 is 5.97 Å². The van der Waals surface area contributed by atoms with Crippen molar-refractivity contribution in [1.29, 1.82) is 0 Å². The van der Waals surface area contributed by atoms with E-state index >= 15 is 0 Å². The number of fused-ring (bicyclic) bond motifs is 1. The van der Waals surface area contributed by atoms with E-state index < -0.39 is 0 Å². The number of hydrogen-bond donors (Lipinski definition) is 0. The summed E-state index contributed by atoms with van der Waals surface area (Å²) < 4.78 is 11.9. The predicted octanol–water partition coefficient (Wildman–Crippen LogP) is 2.56. The Labute approximate surface area is 123 Å². The van der Waals surface area contributed by atoms with Crippen LogP contribution in [0, 0.1) is 0 Å². The fourth-order valence-electron chi connectivity index (χ4n) is 2.19. The Morgan fingerprint density at radius 2 is 2.00 bits per heavy atom. The van der Waals surface area contributed by atoms with Gasteiger partial charge in [-0.1, -0.05) is 0 Å². The molecule has 0 bridgehead atoms. The van der Waals surface area contributed by atoms with E-state index in [0.717, 1.165) is 16.7 Å². The summed E-state index contributed by atoms with van der Waals surface area (Å²) in [5, 5.41) is 1.02. The summed E-state index contributed by atoms with van der Waals surface area (Å²) in [4.78, 5) is 23.2. The molecule has 0 unspecified atom stereocenters. The van der Waals surface area contributed by atoms with Crippen molar-refractivity contribution in [3.05, 3.63) is 30.5 Å². The highest BCUT2D eigenvalue weighted by Gasteiger charge is 2.10. The smallest absolute Gasteiger partial charge is 0.306 e. The van der Waals surface area contributed by atoms with Gasteiger partial charge in [0.25, 0.3) is 0 Å². The molecule has 0 radical (unpaired) electrons. The number of nitrogens with zero attached hydrogens (tertiary/aromatic N) is 1. The number of methoxy groups -OCH3 is 1. The highest BCUT2D eigenvalue weighted by molar-refractivity contribution is 5.86. The minimum absolute atomic E-state index is 0.0105. The molecule has 0 saturated carbocycles. The van der Waals surface area contributed by atoms with Crippen LogP contribution in [0.4, 0.5) is 0 Å². The number of ether oxygens (including phenoxy) is 2. The van der Waals surface area contributed by atoms with Crippen LogP contribution >= 0.6 is 0 Å². The van der Waals surface area contributed by atoms with E-state index in [9.17, 15) is 9.59 Å². The maximum Gasteiger partial charge on any atom is 0.306 e. The molecular formula is C16H19NO4. The number of Topliss-reactive ketones (excluding diaryl/α,β-unsaturated/α-hetero) is 1. The van der Waals surface area contributed by atoms with Gasteiger partial charge in [0.1, 0.15) is 5.75 Å². The van der Waals surface area contributed by atoms with Crippen molar-refractivity contribution in [2.45, 2.75) is 26.3 Å². The Balaban J connectivity index is 1.99. The molecule has 0 aliphatic rings. The molecule has 5 heteroatoms. The second-order valence-corrected chi connectivity index (χ2v) is 4.71.